The Balaban J connectivity index is 1.88. The quantitative estimate of drug-likeness (QED) is 0.800. The number of carbonyl (C=O) groups excluding carboxylic acids is 1. The molecule has 116 valence electrons. The molecule has 5 heteroatoms. The number of benzene rings is 2. The van der Waals surface area contributed by atoms with Gasteiger partial charge in [-0.2, -0.15) is 0 Å². The molecule has 0 radical (unpaired) electrons. The molecule has 3 nitrogen and oxygen atoms in total. The Kier molecular flexibility index (Phi) is 4.02. The molecule has 0 fully saturated rings. The van der Waals surface area contributed by atoms with E-state index in [4.69, 9.17) is 0 Å². The number of hydrogen-bond acceptors (Lipinski definition) is 2. The van der Waals surface area contributed by atoms with E-state index in [1.165, 1.54) is 24.3 Å². The molecular formula is C18H14F2N2O. The summed E-state index contributed by atoms with van der Waals surface area (Å²) in [6.45, 7) is 2.04. The second kappa shape index (κ2) is 6.12. The predicted molar refractivity (Wildman–Crippen MR) is 84.0 cm³/mol. The number of rotatable bonds is 3. The molecule has 3 rings (SSSR count). The van der Waals surface area contributed by atoms with Crippen LogP contribution in [0, 0.1) is 18.6 Å². The molecule has 0 aliphatic rings. The van der Waals surface area contributed by atoms with Gasteiger partial charge in [0.1, 0.15) is 11.6 Å². The van der Waals surface area contributed by atoms with Gasteiger partial charge in [0.15, 0.2) is 0 Å². The first-order chi connectivity index (χ1) is 11.0. The van der Waals surface area contributed by atoms with Crippen LogP contribution in [0.5, 0.6) is 0 Å². The van der Waals surface area contributed by atoms with Gasteiger partial charge >= 0.3 is 0 Å². The molecule has 1 N–H and O–H groups in total. The summed E-state index contributed by atoms with van der Waals surface area (Å²) in [6.07, 6.45) is 0. The average molecular weight is 312 g/mol. The number of nitrogens with zero attached hydrogens (tertiary/aromatic N) is 1. The van der Waals surface area contributed by atoms with E-state index in [-0.39, 0.29) is 18.3 Å². The summed E-state index contributed by atoms with van der Waals surface area (Å²) in [5.41, 5.74) is 2.39. The lowest BCUT2D eigenvalue weighted by Gasteiger charge is -2.09. The van der Waals surface area contributed by atoms with Crippen LogP contribution in [0.1, 0.15) is 21.6 Å². The molecule has 0 saturated carbocycles. The molecule has 1 heterocycles. The first-order valence-corrected chi connectivity index (χ1v) is 7.12. The third-order valence-electron chi connectivity index (χ3n) is 3.51. The molecule has 0 spiro atoms. The van der Waals surface area contributed by atoms with Gasteiger partial charge in [-0.25, -0.2) is 8.78 Å². The van der Waals surface area contributed by atoms with Crippen molar-refractivity contribution >= 4 is 16.8 Å². The monoisotopic (exact) mass is 312 g/mol. The highest BCUT2D eigenvalue weighted by atomic mass is 19.1. The maximum absolute atomic E-state index is 13.5. The highest BCUT2D eigenvalue weighted by Crippen LogP contribution is 2.20. The van der Waals surface area contributed by atoms with Crippen LogP contribution in [0.4, 0.5) is 8.78 Å². The fourth-order valence-electron chi connectivity index (χ4n) is 2.40. The van der Waals surface area contributed by atoms with Crippen LogP contribution >= 0.6 is 0 Å². The third-order valence-corrected chi connectivity index (χ3v) is 3.51. The maximum Gasteiger partial charge on any atom is 0.252 e. The largest absolute Gasteiger partial charge is 0.348 e. The maximum atomic E-state index is 13.5. The summed E-state index contributed by atoms with van der Waals surface area (Å²) in [5.74, 6) is -1.07. The average Bonchev–Trinajstić information content (AvgIpc) is 2.53. The van der Waals surface area contributed by atoms with Crippen LogP contribution in [0.15, 0.2) is 48.5 Å². The van der Waals surface area contributed by atoms with E-state index in [1.807, 2.05) is 0 Å². The lowest BCUT2D eigenvalue weighted by atomic mass is 10.1. The predicted octanol–water partition coefficient (Wildman–Crippen LogP) is 3.75. The molecule has 0 bridgehead atoms. The summed E-state index contributed by atoms with van der Waals surface area (Å²) in [6, 6.07) is 11.7. The summed E-state index contributed by atoms with van der Waals surface area (Å²) >= 11 is 0. The van der Waals surface area contributed by atoms with Gasteiger partial charge in [-0.15, -0.1) is 0 Å². The van der Waals surface area contributed by atoms with Gasteiger partial charge in [0.2, 0.25) is 0 Å². The molecule has 0 unspecified atom stereocenters. The standard InChI is InChI=1S/C18H14F2N2O/c1-11-8-16(15-9-14(20)6-7-17(15)22-11)18(23)21-10-12-2-4-13(19)5-3-12/h2-9H,10H2,1H3,(H,21,23). The molecule has 23 heavy (non-hydrogen) atoms. The van der Waals surface area contributed by atoms with Crippen molar-refractivity contribution in [3.8, 4) is 0 Å². The number of halogens is 2. The number of fused-ring (bicyclic) bond motifs is 1. The van der Waals surface area contributed by atoms with Crippen molar-refractivity contribution in [3.05, 3.63) is 77.0 Å². The van der Waals surface area contributed by atoms with Gasteiger partial charge in [-0.1, -0.05) is 12.1 Å². The Morgan fingerprint density at radius 2 is 1.74 bits per heavy atom. The van der Waals surface area contributed by atoms with E-state index in [9.17, 15) is 13.6 Å². The first-order valence-electron chi connectivity index (χ1n) is 7.12. The number of carbonyl (C=O) groups is 1. The zero-order valence-corrected chi connectivity index (χ0v) is 12.4. The zero-order valence-electron chi connectivity index (χ0n) is 12.4. The normalized spacial score (nSPS) is 10.7. The fourth-order valence-corrected chi connectivity index (χ4v) is 2.40. The molecule has 1 amide bonds. The molecular weight excluding hydrogens is 298 g/mol. The topological polar surface area (TPSA) is 42.0 Å². The molecule has 0 saturated heterocycles. The van der Waals surface area contributed by atoms with Crippen molar-refractivity contribution in [3.63, 3.8) is 0 Å². The van der Waals surface area contributed by atoms with Crippen molar-refractivity contribution in [2.45, 2.75) is 13.5 Å². The number of aromatic nitrogens is 1. The zero-order chi connectivity index (χ0) is 16.4. The van der Waals surface area contributed by atoms with E-state index >= 15 is 0 Å². The van der Waals surface area contributed by atoms with Crippen molar-refractivity contribution in [2.75, 3.05) is 0 Å². The minimum absolute atomic E-state index is 0.261. The lowest BCUT2D eigenvalue weighted by Crippen LogP contribution is -2.23. The summed E-state index contributed by atoms with van der Waals surface area (Å²) in [7, 11) is 0. The Bertz CT molecular complexity index is 876. The molecule has 3 aromatic rings. The highest BCUT2D eigenvalue weighted by Gasteiger charge is 2.12. The van der Waals surface area contributed by atoms with E-state index in [2.05, 4.69) is 10.3 Å². The molecule has 0 aliphatic heterocycles. The Morgan fingerprint density at radius 1 is 1.04 bits per heavy atom. The van der Waals surface area contributed by atoms with Gasteiger partial charge in [-0.05, 0) is 48.9 Å². The van der Waals surface area contributed by atoms with E-state index in [1.54, 1.807) is 31.2 Å². The highest BCUT2D eigenvalue weighted by molar-refractivity contribution is 6.06. The number of pyridine rings is 1. The van der Waals surface area contributed by atoms with Crippen LogP contribution in [-0.2, 0) is 6.54 Å². The first kappa shape index (κ1) is 15.1. The van der Waals surface area contributed by atoms with Crippen LogP contribution in [0.25, 0.3) is 10.9 Å². The number of nitrogens with one attached hydrogen (secondary N) is 1. The van der Waals surface area contributed by atoms with Gasteiger partial charge in [0, 0.05) is 17.6 Å². The second-order valence-electron chi connectivity index (χ2n) is 5.28. The number of aryl methyl sites for hydroxylation is 1. The molecule has 1 aromatic heterocycles. The third kappa shape index (κ3) is 3.34. The van der Waals surface area contributed by atoms with Gasteiger partial charge in [0.25, 0.3) is 5.91 Å². The summed E-state index contributed by atoms with van der Waals surface area (Å²) in [5, 5.41) is 3.23. The minimum Gasteiger partial charge on any atom is -0.348 e. The van der Waals surface area contributed by atoms with Crippen LogP contribution in [0.2, 0.25) is 0 Å². The van der Waals surface area contributed by atoms with Crippen molar-refractivity contribution in [1.29, 1.82) is 0 Å². The van der Waals surface area contributed by atoms with E-state index < -0.39 is 5.82 Å². The van der Waals surface area contributed by atoms with Crippen LogP contribution < -0.4 is 5.32 Å². The van der Waals surface area contributed by atoms with Gasteiger partial charge in [-0.3, -0.25) is 9.78 Å². The van der Waals surface area contributed by atoms with Crippen molar-refractivity contribution in [1.82, 2.24) is 10.3 Å². The second-order valence-corrected chi connectivity index (χ2v) is 5.28. The summed E-state index contributed by atoms with van der Waals surface area (Å²) < 4.78 is 26.4. The molecule has 2 aromatic carbocycles. The van der Waals surface area contributed by atoms with Crippen LogP contribution in [-0.4, -0.2) is 10.9 Å². The Labute approximate surface area is 132 Å². The number of amides is 1. The SMILES string of the molecule is Cc1cc(C(=O)NCc2ccc(F)cc2)c2cc(F)ccc2n1. The van der Waals surface area contributed by atoms with E-state index in [0.717, 1.165) is 5.56 Å². The van der Waals surface area contributed by atoms with Gasteiger partial charge < -0.3 is 5.32 Å². The fraction of sp³-hybridized carbons (Fsp3) is 0.111. The molecule has 0 atom stereocenters. The summed E-state index contributed by atoms with van der Waals surface area (Å²) in [4.78, 5) is 16.7. The van der Waals surface area contributed by atoms with Gasteiger partial charge in [0.05, 0.1) is 11.1 Å². The smallest absolute Gasteiger partial charge is 0.252 e. The molecule has 0 aliphatic carbocycles. The Hall–Kier alpha value is -2.82. The van der Waals surface area contributed by atoms with Crippen LogP contribution in [0.3, 0.4) is 0 Å². The Morgan fingerprint density at radius 3 is 2.48 bits per heavy atom. The van der Waals surface area contributed by atoms with Crippen molar-refractivity contribution < 1.29 is 13.6 Å². The van der Waals surface area contributed by atoms with Crippen molar-refractivity contribution in [2.24, 2.45) is 0 Å². The minimum atomic E-state index is -0.421. The van der Waals surface area contributed by atoms with E-state index in [0.29, 0.717) is 22.2 Å². The number of hydrogen-bond donors (Lipinski definition) is 1. The lowest BCUT2D eigenvalue weighted by molar-refractivity contribution is 0.0952.